The van der Waals surface area contributed by atoms with E-state index in [1.807, 2.05) is 13.8 Å². The van der Waals surface area contributed by atoms with Gasteiger partial charge in [0.25, 0.3) is 0 Å². The molecule has 0 aliphatic carbocycles. The topological polar surface area (TPSA) is 96.3 Å². The zero-order valence-electron chi connectivity index (χ0n) is 40.1. The molecule has 0 spiro atoms. The van der Waals surface area contributed by atoms with Crippen molar-refractivity contribution in [3.63, 3.8) is 0 Å². The highest BCUT2D eigenvalue weighted by atomic mass is 16.5. The molecule has 0 radical (unpaired) electrons. The van der Waals surface area contributed by atoms with E-state index in [0.29, 0.717) is 56.6 Å². The molecule has 0 saturated carbocycles. The molecule has 0 aliphatic heterocycles. The van der Waals surface area contributed by atoms with E-state index in [-0.39, 0.29) is 24.1 Å². The minimum Gasteiger partial charge on any atom is -0.461 e. The number of esters is 2. The highest BCUT2D eigenvalue weighted by molar-refractivity contribution is 5.69. The predicted molar refractivity (Wildman–Crippen MR) is 251 cm³/mol. The lowest BCUT2D eigenvalue weighted by molar-refractivity contribution is -0.914. The number of aliphatic hydroxyl groups is 2. The molecule has 348 valence electrons. The molecule has 8 heteroatoms. The Labute approximate surface area is 365 Å². The number of carbonyl (C=O) groups is 2. The Bertz CT molecular complexity index is 1020. The van der Waals surface area contributed by atoms with Crippen molar-refractivity contribution in [1.82, 2.24) is 4.90 Å². The second kappa shape index (κ2) is 40.3. The maximum Gasteiger partial charge on any atom is 0.306 e. The van der Waals surface area contributed by atoms with Gasteiger partial charge in [0.05, 0.1) is 19.7 Å². The molecule has 8 nitrogen and oxygen atoms in total. The summed E-state index contributed by atoms with van der Waals surface area (Å²) in [5.41, 5.74) is 0. The van der Waals surface area contributed by atoms with Gasteiger partial charge in [-0.3, -0.25) is 14.5 Å². The first-order chi connectivity index (χ1) is 28.4. The highest BCUT2D eigenvalue weighted by Gasteiger charge is 2.29. The number of hydrogen-bond donors (Lipinski definition) is 2. The molecule has 0 aromatic carbocycles. The van der Waals surface area contributed by atoms with Crippen LogP contribution in [-0.2, 0) is 19.1 Å². The van der Waals surface area contributed by atoms with E-state index in [2.05, 4.69) is 50.1 Å². The van der Waals surface area contributed by atoms with Crippen LogP contribution in [0.25, 0.3) is 0 Å². The number of likely N-dealkylation sites (N-methyl/N-ethyl adjacent to an activating group) is 1. The summed E-state index contributed by atoms with van der Waals surface area (Å²) < 4.78 is 12.2. The molecule has 59 heavy (non-hydrogen) atoms. The molecule has 0 rings (SSSR count). The van der Waals surface area contributed by atoms with E-state index in [9.17, 15) is 19.8 Å². The van der Waals surface area contributed by atoms with Crippen LogP contribution in [0.15, 0.2) is 24.3 Å². The van der Waals surface area contributed by atoms with Gasteiger partial charge in [0.1, 0.15) is 31.4 Å². The molecule has 0 saturated heterocycles. The Kier molecular flexibility index (Phi) is 39.1. The molecule has 0 aliphatic rings. The molecule has 0 fully saturated rings. The van der Waals surface area contributed by atoms with Gasteiger partial charge in [0.2, 0.25) is 0 Å². The number of rotatable bonds is 43. The van der Waals surface area contributed by atoms with Crippen molar-refractivity contribution in [3.8, 4) is 0 Å². The van der Waals surface area contributed by atoms with Crippen molar-refractivity contribution in [1.29, 1.82) is 0 Å². The summed E-state index contributed by atoms with van der Waals surface area (Å²) in [5.74, 6) is -0.300. The first-order valence-corrected chi connectivity index (χ1v) is 25.0. The molecule has 2 N–H and O–H groups in total. The van der Waals surface area contributed by atoms with E-state index < -0.39 is 12.2 Å². The molecular weight excluding hydrogens is 737 g/mol. The summed E-state index contributed by atoms with van der Waals surface area (Å²) in [6.45, 7) is 15.4. The quantitative estimate of drug-likeness (QED) is 0.0273. The predicted octanol–water partition coefficient (Wildman–Crippen LogP) is 12.4. The van der Waals surface area contributed by atoms with Gasteiger partial charge in [-0.1, -0.05) is 141 Å². The maximum atomic E-state index is 12.7. The first kappa shape index (κ1) is 57.3. The summed E-state index contributed by atoms with van der Waals surface area (Å²) in [7, 11) is 2.10. The second-order valence-corrected chi connectivity index (χ2v) is 18.4. The normalized spacial score (nSPS) is 15.2. The Morgan fingerprint density at radius 1 is 0.508 bits per heavy atom. The SMILES string of the molecule is CCCCCCCCC=CCCCCCCCC(=O)OC(C)CN(CC[N+](C)(CC(C)O)CC(C)OC(=O)CCCCCCCC=CCCCCCCCC)CC(C)O. The van der Waals surface area contributed by atoms with E-state index in [1.165, 1.54) is 116 Å². The largest absolute Gasteiger partial charge is 0.461 e. The van der Waals surface area contributed by atoms with Crippen LogP contribution in [0.3, 0.4) is 0 Å². The number of ether oxygens (including phenoxy) is 2. The summed E-state index contributed by atoms with van der Waals surface area (Å²) in [6.07, 6.45) is 40.5. The van der Waals surface area contributed by atoms with Gasteiger partial charge in [0.15, 0.2) is 0 Å². The summed E-state index contributed by atoms with van der Waals surface area (Å²) in [5, 5.41) is 20.7. The average molecular weight is 836 g/mol. The number of quaternary nitrogens is 1. The van der Waals surface area contributed by atoms with Crippen molar-refractivity contribution in [3.05, 3.63) is 24.3 Å². The van der Waals surface area contributed by atoms with E-state index in [0.717, 1.165) is 51.4 Å². The van der Waals surface area contributed by atoms with Crippen LogP contribution in [0.1, 0.15) is 221 Å². The third-order valence-corrected chi connectivity index (χ3v) is 11.3. The number of unbranched alkanes of at least 4 members (excludes halogenated alkanes) is 22. The van der Waals surface area contributed by atoms with Crippen LogP contribution in [0.4, 0.5) is 0 Å². The van der Waals surface area contributed by atoms with Gasteiger partial charge < -0.3 is 24.2 Å². The van der Waals surface area contributed by atoms with Crippen LogP contribution < -0.4 is 0 Å². The minimum absolute atomic E-state index is 0.146. The summed E-state index contributed by atoms with van der Waals surface area (Å²) >= 11 is 0. The zero-order chi connectivity index (χ0) is 43.8. The van der Waals surface area contributed by atoms with E-state index in [4.69, 9.17) is 9.47 Å². The molecule has 0 heterocycles. The second-order valence-electron chi connectivity index (χ2n) is 18.4. The Morgan fingerprint density at radius 2 is 0.881 bits per heavy atom. The lowest BCUT2D eigenvalue weighted by Gasteiger charge is -2.39. The maximum absolute atomic E-state index is 12.7. The molecular formula is C51H99N2O6+. The Morgan fingerprint density at radius 3 is 1.27 bits per heavy atom. The fourth-order valence-electron chi connectivity index (χ4n) is 8.21. The Balaban J connectivity index is 4.43. The average Bonchev–Trinajstić information content (AvgIpc) is 3.16. The smallest absolute Gasteiger partial charge is 0.306 e. The van der Waals surface area contributed by atoms with Crippen LogP contribution >= 0.6 is 0 Å². The molecule has 0 aromatic heterocycles. The lowest BCUT2D eigenvalue weighted by atomic mass is 10.1. The van der Waals surface area contributed by atoms with Crippen molar-refractivity contribution in [2.75, 3.05) is 46.3 Å². The van der Waals surface area contributed by atoms with Crippen molar-refractivity contribution in [2.24, 2.45) is 0 Å². The third-order valence-electron chi connectivity index (χ3n) is 11.3. The van der Waals surface area contributed by atoms with Crippen molar-refractivity contribution >= 4 is 11.9 Å². The molecule has 0 amide bonds. The van der Waals surface area contributed by atoms with Gasteiger partial charge in [-0.25, -0.2) is 0 Å². The fourth-order valence-corrected chi connectivity index (χ4v) is 8.21. The first-order valence-electron chi connectivity index (χ1n) is 25.0. The van der Waals surface area contributed by atoms with Gasteiger partial charge in [0, 0.05) is 32.5 Å². The monoisotopic (exact) mass is 836 g/mol. The van der Waals surface area contributed by atoms with Crippen molar-refractivity contribution < 1.29 is 33.8 Å². The fraction of sp³-hybridized carbons (Fsp3) is 0.882. The molecule has 5 atom stereocenters. The van der Waals surface area contributed by atoms with Gasteiger partial charge in [-0.2, -0.15) is 0 Å². The Hall–Kier alpha value is -1.74. The minimum atomic E-state index is -0.527. The molecule has 0 aromatic rings. The third kappa shape index (κ3) is 40.1. The number of allylic oxidation sites excluding steroid dienone is 4. The lowest BCUT2D eigenvalue weighted by Crippen LogP contribution is -2.56. The van der Waals surface area contributed by atoms with Gasteiger partial charge in [-0.15, -0.1) is 0 Å². The summed E-state index contributed by atoms with van der Waals surface area (Å²) in [4.78, 5) is 27.5. The summed E-state index contributed by atoms with van der Waals surface area (Å²) in [6, 6.07) is 0. The number of hydrogen-bond acceptors (Lipinski definition) is 7. The van der Waals surface area contributed by atoms with Crippen molar-refractivity contribution in [2.45, 2.75) is 246 Å². The van der Waals surface area contributed by atoms with Gasteiger partial charge >= 0.3 is 11.9 Å². The van der Waals surface area contributed by atoms with Crippen LogP contribution in [-0.4, -0.2) is 102 Å². The zero-order valence-corrected chi connectivity index (χ0v) is 40.1. The van der Waals surface area contributed by atoms with Crippen LogP contribution in [0.2, 0.25) is 0 Å². The molecule has 0 bridgehead atoms. The molecule has 5 unspecified atom stereocenters. The van der Waals surface area contributed by atoms with E-state index in [1.54, 1.807) is 13.8 Å². The number of carbonyl (C=O) groups excluding carboxylic acids is 2. The van der Waals surface area contributed by atoms with Crippen LogP contribution in [0, 0.1) is 0 Å². The van der Waals surface area contributed by atoms with Crippen LogP contribution in [0.5, 0.6) is 0 Å². The van der Waals surface area contributed by atoms with E-state index >= 15 is 0 Å². The number of nitrogens with zero attached hydrogens (tertiary/aromatic N) is 2. The number of aliphatic hydroxyl groups excluding tert-OH is 2. The standard InChI is InChI=1S/C51H99N2O6/c1-8-10-12-14-16-18-20-22-24-26-28-30-32-34-36-38-50(56)58-48(5)43-52(42-46(3)54)40-41-53(7,44-47(4)55)45-49(6)59-51(57)39-37-35-33-31-29-27-25-23-21-19-17-15-13-11-9-2/h22-25,46-49,54-55H,8-21,26-45H2,1-7H3/q+1. The highest BCUT2D eigenvalue weighted by Crippen LogP contribution is 2.15. The van der Waals surface area contributed by atoms with Gasteiger partial charge in [-0.05, 0) is 91.9 Å².